The molecular weight excluding hydrogens is 302 g/mol. The molecule has 1 aromatic rings. The number of nitrogens with one attached hydrogen (secondary N) is 1. The van der Waals surface area contributed by atoms with E-state index in [-0.39, 0.29) is 16.5 Å². The van der Waals surface area contributed by atoms with Crippen molar-refractivity contribution >= 4 is 27.6 Å². The van der Waals surface area contributed by atoms with E-state index >= 15 is 0 Å². The summed E-state index contributed by atoms with van der Waals surface area (Å²) in [5.41, 5.74) is -0.992. The summed E-state index contributed by atoms with van der Waals surface area (Å²) in [6.45, 7) is -0.101. The summed E-state index contributed by atoms with van der Waals surface area (Å²) >= 11 is 5.87. The second-order valence-corrected chi connectivity index (χ2v) is 7.19. The molecule has 7 heteroatoms. The van der Waals surface area contributed by atoms with Crippen LogP contribution in [-0.4, -0.2) is 26.0 Å². The second kappa shape index (κ2) is 5.71. The van der Waals surface area contributed by atoms with Crippen molar-refractivity contribution < 1.29 is 18.3 Å². The predicted molar refractivity (Wildman–Crippen MR) is 75.2 cm³/mol. The van der Waals surface area contributed by atoms with Gasteiger partial charge in [-0.25, -0.2) is 13.1 Å². The number of aliphatic carboxylic acids is 1. The molecule has 0 amide bonds. The van der Waals surface area contributed by atoms with Gasteiger partial charge in [0.15, 0.2) is 0 Å². The highest BCUT2D eigenvalue weighted by Gasteiger charge is 2.42. The zero-order chi connectivity index (χ0) is 14.8. The summed E-state index contributed by atoms with van der Waals surface area (Å²) in [4.78, 5) is 11.4. The number of carboxylic acids is 1. The lowest BCUT2D eigenvalue weighted by atomic mass is 9.87. The van der Waals surface area contributed by atoms with Gasteiger partial charge in [-0.05, 0) is 25.0 Å². The highest BCUT2D eigenvalue weighted by molar-refractivity contribution is 7.89. The zero-order valence-electron chi connectivity index (χ0n) is 10.8. The monoisotopic (exact) mass is 317 g/mol. The quantitative estimate of drug-likeness (QED) is 0.872. The van der Waals surface area contributed by atoms with Crippen LogP contribution >= 0.6 is 11.6 Å². The van der Waals surface area contributed by atoms with Gasteiger partial charge in [0.2, 0.25) is 10.0 Å². The maximum absolute atomic E-state index is 12.2. The summed E-state index contributed by atoms with van der Waals surface area (Å²) in [5, 5.41) is 9.45. The van der Waals surface area contributed by atoms with E-state index in [1.807, 2.05) is 0 Å². The van der Waals surface area contributed by atoms with Crippen LogP contribution in [-0.2, 0) is 14.8 Å². The molecule has 0 unspecified atom stereocenters. The van der Waals surface area contributed by atoms with Crippen LogP contribution in [0, 0.1) is 5.41 Å². The number of sulfonamides is 1. The van der Waals surface area contributed by atoms with Crippen LogP contribution in [0.5, 0.6) is 0 Å². The molecular formula is C13H16ClNO4S. The Kier molecular flexibility index (Phi) is 4.36. The minimum Gasteiger partial charge on any atom is -0.481 e. The summed E-state index contributed by atoms with van der Waals surface area (Å²) < 4.78 is 26.8. The Morgan fingerprint density at radius 1 is 1.30 bits per heavy atom. The smallest absolute Gasteiger partial charge is 0.310 e. The van der Waals surface area contributed by atoms with Crippen LogP contribution < -0.4 is 4.72 Å². The molecule has 2 N–H and O–H groups in total. The Morgan fingerprint density at radius 2 is 1.90 bits per heavy atom. The van der Waals surface area contributed by atoms with E-state index in [0.717, 1.165) is 12.8 Å². The zero-order valence-corrected chi connectivity index (χ0v) is 12.4. The van der Waals surface area contributed by atoms with Gasteiger partial charge in [0.1, 0.15) is 4.90 Å². The fourth-order valence-electron chi connectivity index (χ4n) is 2.49. The van der Waals surface area contributed by atoms with Crippen molar-refractivity contribution in [3.05, 3.63) is 29.3 Å². The Bertz CT molecular complexity index is 609. The standard InChI is InChI=1S/C13H16ClNO4S/c14-10-5-1-2-6-11(10)20(18,19)15-9-13(12(16)17)7-3-4-8-13/h1-2,5-6,15H,3-4,7-9H2,(H,16,17). The Labute approximate surface area is 123 Å². The first-order valence-corrected chi connectivity index (χ1v) is 8.21. The van der Waals surface area contributed by atoms with Gasteiger partial charge in [-0.2, -0.15) is 0 Å². The first-order valence-electron chi connectivity index (χ1n) is 6.35. The van der Waals surface area contributed by atoms with Crippen LogP contribution in [0.25, 0.3) is 0 Å². The highest BCUT2D eigenvalue weighted by Crippen LogP contribution is 2.38. The van der Waals surface area contributed by atoms with Gasteiger partial charge in [0.05, 0.1) is 10.4 Å². The lowest BCUT2D eigenvalue weighted by molar-refractivity contribution is -0.148. The summed E-state index contributed by atoms with van der Waals surface area (Å²) in [7, 11) is -3.80. The van der Waals surface area contributed by atoms with Crippen LogP contribution in [0.2, 0.25) is 5.02 Å². The molecule has 1 aliphatic carbocycles. The number of benzene rings is 1. The molecule has 0 radical (unpaired) electrons. The first-order chi connectivity index (χ1) is 9.37. The maximum Gasteiger partial charge on any atom is 0.310 e. The van der Waals surface area contributed by atoms with Gasteiger partial charge in [0, 0.05) is 6.54 Å². The van der Waals surface area contributed by atoms with Crippen LogP contribution in [0.3, 0.4) is 0 Å². The van der Waals surface area contributed by atoms with Gasteiger partial charge < -0.3 is 5.11 Å². The lowest BCUT2D eigenvalue weighted by Gasteiger charge is -2.24. The first kappa shape index (κ1) is 15.3. The van der Waals surface area contributed by atoms with Crippen LogP contribution in [0.1, 0.15) is 25.7 Å². The van der Waals surface area contributed by atoms with E-state index in [1.54, 1.807) is 12.1 Å². The topological polar surface area (TPSA) is 83.5 Å². The van der Waals surface area contributed by atoms with E-state index in [4.69, 9.17) is 11.6 Å². The molecule has 1 fully saturated rings. The molecule has 0 atom stereocenters. The number of carboxylic acid groups (broad SMARTS) is 1. The molecule has 1 aliphatic rings. The van der Waals surface area contributed by atoms with Gasteiger partial charge in [-0.1, -0.05) is 36.6 Å². The molecule has 1 saturated carbocycles. The van der Waals surface area contributed by atoms with E-state index in [1.165, 1.54) is 12.1 Å². The summed E-state index contributed by atoms with van der Waals surface area (Å²) in [6, 6.07) is 6.09. The number of hydrogen-bond donors (Lipinski definition) is 2. The van der Waals surface area contributed by atoms with Crippen molar-refractivity contribution in [1.82, 2.24) is 4.72 Å². The Hall–Kier alpha value is -1.11. The molecule has 2 rings (SSSR count). The van der Waals surface area contributed by atoms with Gasteiger partial charge in [-0.15, -0.1) is 0 Å². The molecule has 0 saturated heterocycles. The predicted octanol–water partition coefficient (Wildman–Crippen LogP) is 2.26. The molecule has 5 nitrogen and oxygen atoms in total. The fourth-order valence-corrected chi connectivity index (χ4v) is 4.14. The SMILES string of the molecule is O=C(O)C1(CNS(=O)(=O)c2ccccc2Cl)CCCC1. The van der Waals surface area contributed by atoms with E-state index in [0.29, 0.717) is 12.8 Å². The lowest BCUT2D eigenvalue weighted by Crippen LogP contribution is -2.41. The molecule has 1 aromatic carbocycles. The second-order valence-electron chi connectivity index (χ2n) is 5.05. The number of halogens is 1. The van der Waals surface area contributed by atoms with Crippen molar-refractivity contribution in [1.29, 1.82) is 0 Å². The van der Waals surface area contributed by atoms with Gasteiger partial charge >= 0.3 is 5.97 Å². The minimum absolute atomic E-state index is 0.0276. The maximum atomic E-state index is 12.2. The van der Waals surface area contributed by atoms with E-state index < -0.39 is 21.4 Å². The third-order valence-corrected chi connectivity index (χ3v) is 5.64. The van der Waals surface area contributed by atoms with Crippen LogP contribution in [0.4, 0.5) is 0 Å². The van der Waals surface area contributed by atoms with Crippen molar-refractivity contribution in [2.24, 2.45) is 5.41 Å². The molecule has 20 heavy (non-hydrogen) atoms. The molecule has 110 valence electrons. The molecule has 0 aromatic heterocycles. The van der Waals surface area contributed by atoms with E-state index in [2.05, 4.69) is 4.72 Å². The third-order valence-electron chi connectivity index (χ3n) is 3.74. The van der Waals surface area contributed by atoms with Gasteiger partial charge in [-0.3, -0.25) is 4.79 Å². The number of hydrogen-bond acceptors (Lipinski definition) is 3. The highest BCUT2D eigenvalue weighted by atomic mass is 35.5. The van der Waals surface area contributed by atoms with Crippen LogP contribution in [0.15, 0.2) is 29.2 Å². The van der Waals surface area contributed by atoms with Crippen molar-refractivity contribution in [2.45, 2.75) is 30.6 Å². The molecule has 0 spiro atoms. The number of rotatable bonds is 5. The van der Waals surface area contributed by atoms with Crippen molar-refractivity contribution in [3.63, 3.8) is 0 Å². The third kappa shape index (κ3) is 2.97. The normalized spacial score (nSPS) is 18.1. The van der Waals surface area contributed by atoms with Crippen molar-refractivity contribution in [2.75, 3.05) is 6.54 Å². The fraction of sp³-hybridized carbons (Fsp3) is 0.462. The molecule has 0 aliphatic heterocycles. The Balaban J connectivity index is 2.18. The molecule has 0 bridgehead atoms. The number of carbonyl (C=O) groups is 1. The minimum atomic E-state index is -3.80. The van der Waals surface area contributed by atoms with E-state index in [9.17, 15) is 18.3 Å². The summed E-state index contributed by atoms with van der Waals surface area (Å²) in [6.07, 6.45) is 2.60. The Morgan fingerprint density at radius 3 is 2.45 bits per heavy atom. The average molecular weight is 318 g/mol. The summed E-state index contributed by atoms with van der Waals surface area (Å²) in [5.74, 6) is -0.947. The largest absolute Gasteiger partial charge is 0.481 e. The molecule has 0 heterocycles. The van der Waals surface area contributed by atoms with Gasteiger partial charge in [0.25, 0.3) is 0 Å². The van der Waals surface area contributed by atoms with Crippen molar-refractivity contribution in [3.8, 4) is 0 Å². The average Bonchev–Trinajstić information content (AvgIpc) is 2.87.